The van der Waals surface area contributed by atoms with Gasteiger partial charge in [0.2, 0.25) is 0 Å². The van der Waals surface area contributed by atoms with Gasteiger partial charge in [-0.25, -0.2) is 9.78 Å². The van der Waals surface area contributed by atoms with Gasteiger partial charge in [0, 0.05) is 10.5 Å². The molecule has 1 aromatic heterocycles. The van der Waals surface area contributed by atoms with Gasteiger partial charge < -0.3 is 15.2 Å². The number of carbonyl (C=O) groups is 2. The number of methoxy groups -OCH3 is 1. The van der Waals surface area contributed by atoms with Crippen LogP contribution in [0.1, 0.15) is 21.0 Å². The predicted octanol–water partition coefficient (Wildman–Crippen LogP) is 2.80. The number of carboxylic acids is 1. The van der Waals surface area contributed by atoms with Crippen LogP contribution in [-0.2, 0) is 0 Å². The summed E-state index contributed by atoms with van der Waals surface area (Å²) in [6, 6.07) is 9.34. The monoisotopic (exact) mass is 350 g/mol. The topological polar surface area (TPSA) is 88.5 Å². The number of aromatic carboxylic acids is 1. The third-order valence-corrected chi connectivity index (χ3v) is 3.31. The Bertz CT molecular complexity index is 703. The fourth-order valence-electron chi connectivity index (χ4n) is 1.59. The third kappa shape index (κ3) is 3.57. The zero-order valence-corrected chi connectivity index (χ0v) is 12.5. The number of carboxylic acid groups (broad SMARTS) is 1. The van der Waals surface area contributed by atoms with Crippen LogP contribution in [0.2, 0.25) is 0 Å². The summed E-state index contributed by atoms with van der Waals surface area (Å²) in [7, 11) is 1.52. The maximum Gasteiger partial charge on any atom is 0.354 e. The SMILES string of the molecule is COc1ccc(Br)c(NC(=O)c2cccc(C(=O)O)n2)c1. The Morgan fingerprint density at radius 2 is 1.95 bits per heavy atom. The lowest BCUT2D eigenvalue weighted by Crippen LogP contribution is -2.15. The molecule has 1 heterocycles. The molecule has 0 aliphatic rings. The Morgan fingerprint density at radius 1 is 1.24 bits per heavy atom. The second kappa shape index (κ2) is 6.36. The summed E-state index contributed by atoms with van der Waals surface area (Å²) < 4.78 is 5.75. The van der Waals surface area contributed by atoms with Gasteiger partial charge in [0.25, 0.3) is 5.91 Å². The van der Waals surface area contributed by atoms with Gasteiger partial charge in [-0.1, -0.05) is 6.07 Å². The Labute approximate surface area is 128 Å². The van der Waals surface area contributed by atoms with E-state index in [0.717, 1.165) is 0 Å². The number of carbonyl (C=O) groups excluding carboxylic acids is 1. The minimum absolute atomic E-state index is 0.0182. The second-order valence-electron chi connectivity index (χ2n) is 4.01. The van der Waals surface area contributed by atoms with Gasteiger partial charge in [0.15, 0.2) is 0 Å². The van der Waals surface area contributed by atoms with Gasteiger partial charge in [-0.3, -0.25) is 4.79 Å². The Balaban J connectivity index is 2.25. The van der Waals surface area contributed by atoms with E-state index in [1.54, 1.807) is 18.2 Å². The number of benzene rings is 1. The lowest BCUT2D eigenvalue weighted by atomic mass is 10.2. The van der Waals surface area contributed by atoms with Gasteiger partial charge in [0.1, 0.15) is 17.1 Å². The van der Waals surface area contributed by atoms with Gasteiger partial charge >= 0.3 is 5.97 Å². The minimum atomic E-state index is -1.19. The number of halogens is 1. The molecule has 0 unspecified atom stereocenters. The van der Waals surface area contributed by atoms with Crippen molar-refractivity contribution in [1.29, 1.82) is 0 Å². The number of pyridine rings is 1. The zero-order chi connectivity index (χ0) is 15.4. The molecule has 0 aliphatic carbocycles. The number of hydrogen-bond donors (Lipinski definition) is 2. The van der Waals surface area contributed by atoms with Gasteiger partial charge in [0.05, 0.1) is 12.8 Å². The summed E-state index contributed by atoms with van der Waals surface area (Å²) in [6.07, 6.45) is 0. The molecule has 2 N–H and O–H groups in total. The van der Waals surface area contributed by atoms with Crippen molar-refractivity contribution >= 4 is 33.5 Å². The quantitative estimate of drug-likeness (QED) is 0.884. The van der Waals surface area contributed by atoms with Crippen LogP contribution in [0.25, 0.3) is 0 Å². The largest absolute Gasteiger partial charge is 0.497 e. The number of rotatable bonds is 4. The van der Waals surface area contributed by atoms with Crippen molar-refractivity contribution in [2.75, 3.05) is 12.4 Å². The number of ether oxygens (including phenoxy) is 1. The standard InChI is InChI=1S/C14H11BrN2O4/c1-21-8-5-6-9(15)12(7-8)17-13(18)10-3-2-4-11(16-10)14(19)20/h2-7H,1H3,(H,17,18)(H,19,20). The lowest BCUT2D eigenvalue weighted by molar-refractivity contribution is 0.0690. The van der Waals surface area contributed by atoms with E-state index in [2.05, 4.69) is 26.2 Å². The number of amides is 1. The van der Waals surface area contributed by atoms with Crippen molar-refractivity contribution in [2.24, 2.45) is 0 Å². The highest BCUT2D eigenvalue weighted by Crippen LogP contribution is 2.27. The number of aromatic nitrogens is 1. The van der Waals surface area contributed by atoms with Crippen LogP contribution in [0, 0.1) is 0 Å². The fraction of sp³-hybridized carbons (Fsp3) is 0.0714. The molecule has 0 saturated carbocycles. The first kappa shape index (κ1) is 15.0. The van der Waals surface area contributed by atoms with Crippen LogP contribution in [0.4, 0.5) is 5.69 Å². The van der Waals surface area contributed by atoms with Crippen LogP contribution in [-0.4, -0.2) is 29.1 Å². The molecule has 1 amide bonds. The molecular formula is C14H11BrN2O4. The Morgan fingerprint density at radius 3 is 2.62 bits per heavy atom. The zero-order valence-electron chi connectivity index (χ0n) is 11.0. The normalized spacial score (nSPS) is 10.0. The molecule has 0 aliphatic heterocycles. The van der Waals surface area contributed by atoms with Crippen molar-refractivity contribution in [3.05, 3.63) is 52.3 Å². The Hall–Kier alpha value is -2.41. The number of nitrogens with one attached hydrogen (secondary N) is 1. The van der Waals surface area contributed by atoms with E-state index in [-0.39, 0.29) is 11.4 Å². The van der Waals surface area contributed by atoms with Crippen LogP contribution < -0.4 is 10.1 Å². The number of nitrogens with zero attached hydrogens (tertiary/aromatic N) is 1. The molecule has 21 heavy (non-hydrogen) atoms. The summed E-state index contributed by atoms with van der Waals surface area (Å²) >= 11 is 3.31. The molecule has 7 heteroatoms. The van der Waals surface area contributed by atoms with Crippen LogP contribution in [0.15, 0.2) is 40.9 Å². The maximum absolute atomic E-state index is 12.1. The molecule has 0 bridgehead atoms. The van der Waals surface area contributed by atoms with Crippen molar-refractivity contribution < 1.29 is 19.4 Å². The minimum Gasteiger partial charge on any atom is -0.497 e. The molecule has 1 aromatic carbocycles. The average Bonchev–Trinajstić information content (AvgIpc) is 2.49. The van der Waals surface area contributed by atoms with Crippen LogP contribution in [0.3, 0.4) is 0 Å². The second-order valence-corrected chi connectivity index (χ2v) is 4.87. The van der Waals surface area contributed by atoms with E-state index in [9.17, 15) is 9.59 Å². The van der Waals surface area contributed by atoms with E-state index < -0.39 is 11.9 Å². The van der Waals surface area contributed by atoms with Crippen molar-refractivity contribution in [3.63, 3.8) is 0 Å². The maximum atomic E-state index is 12.1. The molecule has 0 atom stereocenters. The highest BCUT2D eigenvalue weighted by Gasteiger charge is 2.13. The smallest absolute Gasteiger partial charge is 0.354 e. The lowest BCUT2D eigenvalue weighted by Gasteiger charge is -2.09. The van der Waals surface area contributed by atoms with E-state index in [1.165, 1.54) is 25.3 Å². The first-order chi connectivity index (χ1) is 10.0. The highest BCUT2D eigenvalue weighted by atomic mass is 79.9. The van der Waals surface area contributed by atoms with E-state index in [4.69, 9.17) is 9.84 Å². The summed E-state index contributed by atoms with van der Waals surface area (Å²) in [5.41, 5.74) is 0.332. The molecule has 0 fully saturated rings. The summed E-state index contributed by atoms with van der Waals surface area (Å²) in [5, 5.41) is 11.5. The van der Waals surface area contributed by atoms with E-state index >= 15 is 0 Å². The van der Waals surface area contributed by atoms with Crippen molar-refractivity contribution in [2.45, 2.75) is 0 Å². The van der Waals surface area contributed by atoms with Gasteiger partial charge in [-0.05, 0) is 40.2 Å². The molecule has 2 rings (SSSR count). The van der Waals surface area contributed by atoms with E-state index in [1.807, 2.05) is 0 Å². The summed E-state index contributed by atoms with van der Waals surface area (Å²) in [6.45, 7) is 0. The number of anilines is 1. The Kier molecular flexibility index (Phi) is 4.54. The summed E-state index contributed by atoms with van der Waals surface area (Å²) in [4.78, 5) is 26.7. The first-order valence-electron chi connectivity index (χ1n) is 5.86. The van der Waals surface area contributed by atoms with Crippen LogP contribution >= 0.6 is 15.9 Å². The van der Waals surface area contributed by atoms with Gasteiger partial charge in [-0.15, -0.1) is 0 Å². The average molecular weight is 351 g/mol. The predicted molar refractivity (Wildman–Crippen MR) is 79.8 cm³/mol. The fourth-order valence-corrected chi connectivity index (χ4v) is 1.94. The molecule has 108 valence electrons. The molecule has 6 nitrogen and oxygen atoms in total. The molecule has 0 saturated heterocycles. The van der Waals surface area contributed by atoms with Crippen molar-refractivity contribution in [1.82, 2.24) is 4.98 Å². The molecule has 0 radical (unpaired) electrons. The van der Waals surface area contributed by atoms with E-state index in [0.29, 0.717) is 15.9 Å². The number of hydrogen-bond acceptors (Lipinski definition) is 4. The highest BCUT2D eigenvalue weighted by molar-refractivity contribution is 9.10. The van der Waals surface area contributed by atoms with Gasteiger partial charge in [-0.2, -0.15) is 0 Å². The first-order valence-corrected chi connectivity index (χ1v) is 6.66. The molecular weight excluding hydrogens is 340 g/mol. The molecule has 0 spiro atoms. The molecule has 2 aromatic rings. The third-order valence-electron chi connectivity index (χ3n) is 2.62. The van der Waals surface area contributed by atoms with Crippen molar-refractivity contribution in [3.8, 4) is 5.75 Å². The summed E-state index contributed by atoms with van der Waals surface area (Å²) in [5.74, 6) is -1.11. The van der Waals surface area contributed by atoms with Crippen LogP contribution in [0.5, 0.6) is 5.75 Å².